The van der Waals surface area contributed by atoms with Gasteiger partial charge in [0.2, 0.25) is 5.91 Å². The number of aromatic nitrogens is 1. The summed E-state index contributed by atoms with van der Waals surface area (Å²) in [6.45, 7) is 3.29. The number of piperidine rings is 1. The minimum absolute atomic E-state index is 0.0128. The van der Waals surface area contributed by atoms with Crippen molar-refractivity contribution < 1.29 is 14.3 Å². The lowest BCUT2D eigenvalue weighted by Gasteiger charge is -2.20. The van der Waals surface area contributed by atoms with Crippen LogP contribution in [0.4, 0.5) is 5.13 Å². The second kappa shape index (κ2) is 7.13. The Labute approximate surface area is 162 Å². The average molecular weight is 385 g/mol. The fourth-order valence-electron chi connectivity index (χ4n) is 3.98. The molecular weight excluding hydrogens is 362 g/mol. The van der Waals surface area contributed by atoms with Crippen LogP contribution in [0.1, 0.15) is 41.5 Å². The Morgan fingerprint density at radius 3 is 2.85 bits per heavy atom. The highest BCUT2D eigenvalue weighted by Crippen LogP contribution is 2.50. The van der Waals surface area contributed by atoms with Crippen molar-refractivity contribution >= 4 is 22.4 Å². The number of ether oxygens (including phenoxy) is 2. The first-order valence-corrected chi connectivity index (χ1v) is 10.5. The Morgan fingerprint density at radius 2 is 2.00 bits per heavy atom. The fourth-order valence-corrected chi connectivity index (χ4v) is 4.97. The number of rotatable bonds is 4. The van der Waals surface area contributed by atoms with E-state index < -0.39 is 0 Å². The van der Waals surface area contributed by atoms with Gasteiger partial charge in [-0.05, 0) is 61.9 Å². The molecule has 0 radical (unpaired) electrons. The number of hydrogen-bond donors (Lipinski definition) is 2. The summed E-state index contributed by atoms with van der Waals surface area (Å²) in [5, 5.41) is 7.13. The maximum Gasteiger partial charge on any atom is 0.229 e. The van der Waals surface area contributed by atoms with E-state index >= 15 is 0 Å². The number of amides is 1. The number of fused-ring (bicyclic) bond motifs is 1. The Bertz CT molecular complexity index is 847. The number of hydrogen-bond acceptors (Lipinski definition) is 6. The lowest BCUT2D eigenvalue weighted by Crippen LogP contribution is -2.26. The number of carbonyl (C=O) groups is 1. The third kappa shape index (κ3) is 3.53. The Balaban J connectivity index is 1.21. The lowest BCUT2D eigenvalue weighted by atomic mass is 9.97. The van der Waals surface area contributed by atoms with Crippen LogP contribution < -0.4 is 20.1 Å². The molecule has 7 heteroatoms. The van der Waals surface area contributed by atoms with Crippen molar-refractivity contribution in [3.63, 3.8) is 0 Å². The molecule has 1 aromatic carbocycles. The summed E-state index contributed by atoms with van der Waals surface area (Å²) >= 11 is 1.62. The zero-order chi connectivity index (χ0) is 18.2. The highest BCUT2D eigenvalue weighted by molar-refractivity contribution is 7.15. The van der Waals surface area contributed by atoms with Gasteiger partial charge in [0.15, 0.2) is 16.6 Å². The van der Waals surface area contributed by atoms with Gasteiger partial charge >= 0.3 is 0 Å². The molecule has 2 aliphatic heterocycles. The molecule has 2 fully saturated rings. The average Bonchev–Trinajstić information content (AvgIpc) is 3.40. The SMILES string of the molecule is O=C(Nc1ncc(C2CCNCC2)s1)C1CC1c1ccc2c(c1)OCCO2. The van der Waals surface area contributed by atoms with Crippen LogP contribution in [0.25, 0.3) is 0 Å². The molecule has 5 rings (SSSR count). The first-order valence-electron chi connectivity index (χ1n) is 9.65. The van der Waals surface area contributed by atoms with E-state index in [9.17, 15) is 4.79 Å². The molecule has 2 N–H and O–H groups in total. The van der Waals surface area contributed by atoms with Crippen LogP contribution in [0.5, 0.6) is 11.5 Å². The number of benzene rings is 1. The number of anilines is 1. The van der Waals surface area contributed by atoms with Crippen LogP contribution in [0.15, 0.2) is 24.4 Å². The molecule has 0 spiro atoms. The predicted molar refractivity (Wildman–Crippen MR) is 104 cm³/mol. The summed E-state index contributed by atoms with van der Waals surface area (Å²) in [7, 11) is 0. The number of carbonyl (C=O) groups excluding carboxylic acids is 1. The van der Waals surface area contributed by atoms with Crippen LogP contribution in [0.2, 0.25) is 0 Å². The van der Waals surface area contributed by atoms with Crippen LogP contribution >= 0.6 is 11.3 Å². The van der Waals surface area contributed by atoms with Gasteiger partial charge in [0, 0.05) is 17.0 Å². The van der Waals surface area contributed by atoms with Gasteiger partial charge in [-0.25, -0.2) is 4.98 Å². The van der Waals surface area contributed by atoms with Crippen LogP contribution in [-0.4, -0.2) is 37.2 Å². The van der Waals surface area contributed by atoms with Crippen molar-refractivity contribution in [3.05, 3.63) is 34.8 Å². The topological polar surface area (TPSA) is 72.5 Å². The molecule has 2 aromatic rings. The second-order valence-corrected chi connectivity index (χ2v) is 8.50. The zero-order valence-electron chi connectivity index (χ0n) is 15.1. The van der Waals surface area contributed by atoms with Gasteiger partial charge in [0.1, 0.15) is 13.2 Å². The van der Waals surface area contributed by atoms with Crippen molar-refractivity contribution in [3.8, 4) is 11.5 Å². The molecule has 3 aliphatic rings. The molecule has 1 saturated heterocycles. The van der Waals surface area contributed by atoms with Gasteiger partial charge in [-0.3, -0.25) is 4.79 Å². The van der Waals surface area contributed by atoms with Crippen molar-refractivity contribution in [2.75, 3.05) is 31.6 Å². The van der Waals surface area contributed by atoms with Gasteiger partial charge in [-0.1, -0.05) is 6.07 Å². The van der Waals surface area contributed by atoms with Gasteiger partial charge in [-0.2, -0.15) is 0 Å². The molecule has 1 aliphatic carbocycles. The molecule has 0 bridgehead atoms. The third-order valence-electron chi connectivity index (χ3n) is 5.62. The molecule has 2 unspecified atom stereocenters. The summed E-state index contributed by atoms with van der Waals surface area (Å²) in [4.78, 5) is 18.3. The summed E-state index contributed by atoms with van der Waals surface area (Å²) in [5.41, 5.74) is 1.15. The Morgan fingerprint density at radius 1 is 1.19 bits per heavy atom. The quantitative estimate of drug-likeness (QED) is 0.846. The number of nitrogens with zero attached hydrogens (tertiary/aromatic N) is 1. The van der Waals surface area contributed by atoms with Crippen LogP contribution in [-0.2, 0) is 4.79 Å². The van der Waals surface area contributed by atoms with Gasteiger partial charge < -0.3 is 20.1 Å². The van der Waals surface area contributed by atoms with E-state index in [1.807, 2.05) is 24.4 Å². The van der Waals surface area contributed by atoms with E-state index in [1.54, 1.807) is 11.3 Å². The zero-order valence-corrected chi connectivity index (χ0v) is 15.9. The Kier molecular flexibility index (Phi) is 4.49. The standard InChI is InChI=1S/C20H23N3O3S/c24-19(23-20-22-11-18(27-20)12-3-5-21-6-4-12)15-10-14(15)13-1-2-16-17(9-13)26-8-7-25-16/h1-2,9,11-12,14-15,21H,3-8,10H2,(H,22,23,24). The van der Waals surface area contributed by atoms with Crippen molar-refractivity contribution in [2.45, 2.75) is 31.1 Å². The van der Waals surface area contributed by atoms with Gasteiger partial charge in [-0.15, -0.1) is 11.3 Å². The molecule has 6 nitrogen and oxygen atoms in total. The largest absolute Gasteiger partial charge is 0.486 e. The third-order valence-corrected chi connectivity index (χ3v) is 6.69. The molecule has 1 saturated carbocycles. The van der Waals surface area contributed by atoms with Crippen molar-refractivity contribution in [1.29, 1.82) is 0 Å². The minimum atomic E-state index is 0.0128. The molecule has 142 valence electrons. The number of nitrogens with one attached hydrogen (secondary N) is 2. The summed E-state index contributed by atoms with van der Waals surface area (Å²) in [6, 6.07) is 6.01. The summed E-state index contributed by atoms with van der Waals surface area (Å²) in [6.07, 6.45) is 5.09. The summed E-state index contributed by atoms with van der Waals surface area (Å²) < 4.78 is 11.2. The predicted octanol–water partition coefficient (Wildman–Crippen LogP) is 3.12. The maximum atomic E-state index is 12.6. The van der Waals surface area contributed by atoms with Crippen molar-refractivity contribution in [1.82, 2.24) is 10.3 Å². The molecule has 3 heterocycles. The van der Waals surface area contributed by atoms with E-state index in [4.69, 9.17) is 9.47 Å². The molecule has 1 aromatic heterocycles. The Hall–Kier alpha value is -2.12. The van der Waals surface area contributed by atoms with E-state index in [2.05, 4.69) is 15.6 Å². The van der Waals surface area contributed by atoms with E-state index in [-0.39, 0.29) is 17.7 Å². The van der Waals surface area contributed by atoms with Crippen LogP contribution in [0, 0.1) is 5.92 Å². The van der Waals surface area contributed by atoms with Gasteiger partial charge in [0.25, 0.3) is 0 Å². The molecule has 2 atom stereocenters. The highest BCUT2D eigenvalue weighted by Gasteiger charge is 2.44. The molecular formula is C20H23N3O3S. The summed E-state index contributed by atoms with van der Waals surface area (Å²) in [5.74, 6) is 2.49. The maximum absolute atomic E-state index is 12.6. The lowest BCUT2D eigenvalue weighted by molar-refractivity contribution is -0.117. The first-order chi connectivity index (χ1) is 13.3. The molecule has 27 heavy (non-hydrogen) atoms. The number of thiazole rings is 1. The highest BCUT2D eigenvalue weighted by atomic mass is 32.1. The van der Waals surface area contributed by atoms with Crippen LogP contribution in [0.3, 0.4) is 0 Å². The van der Waals surface area contributed by atoms with E-state index in [0.717, 1.165) is 54.5 Å². The van der Waals surface area contributed by atoms with Gasteiger partial charge in [0.05, 0.1) is 0 Å². The second-order valence-electron chi connectivity index (χ2n) is 7.43. The normalized spacial score (nSPS) is 24.4. The monoisotopic (exact) mass is 385 g/mol. The van der Waals surface area contributed by atoms with E-state index in [0.29, 0.717) is 19.1 Å². The fraction of sp³-hybridized carbons (Fsp3) is 0.500. The molecule has 1 amide bonds. The smallest absolute Gasteiger partial charge is 0.229 e. The first kappa shape index (κ1) is 17.0. The minimum Gasteiger partial charge on any atom is -0.486 e. The van der Waals surface area contributed by atoms with Crippen molar-refractivity contribution in [2.24, 2.45) is 5.92 Å². The van der Waals surface area contributed by atoms with E-state index in [1.165, 1.54) is 4.88 Å².